The van der Waals surface area contributed by atoms with Crippen LogP contribution in [-0.4, -0.2) is 24.1 Å². The Balaban J connectivity index is 2.39. The highest BCUT2D eigenvalue weighted by atomic mass is 79.9. The second kappa shape index (κ2) is 7.36. The molecule has 0 bridgehead atoms. The van der Waals surface area contributed by atoms with E-state index >= 15 is 0 Å². The molecule has 4 nitrogen and oxygen atoms in total. The van der Waals surface area contributed by atoms with Crippen molar-refractivity contribution in [3.05, 3.63) is 16.0 Å². The summed E-state index contributed by atoms with van der Waals surface area (Å²) in [5.41, 5.74) is 1.15. The van der Waals surface area contributed by atoms with Gasteiger partial charge in [-0.3, -0.25) is 0 Å². The lowest BCUT2D eigenvalue weighted by Gasteiger charge is -2.19. The highest BCUT2D eigenvalue weighted by molar-refractivity contribution is 9.10. The molecule has 1 atom stereocenters. The van der Waals surface area contributed by atoms with E-state index in [4.69, 9.17) is 9.72 Å². The number of hydrogen-bond acceptors (Lipinski definition) is 4. The molecule has 1 saturated carbocycles. The SMILES string of the molecule is CCCC(OC)c1nc(NC)c(Br)c(C2CCCC2)n1. The van der Waals surface area contributed by atoms with Crippen molar-refractivity contribution in [3.8, 4) is 0 Å². The van der Waals surface area contributed by atoms with Gasteiger partial charge < -0.3 is 10.1 Å². The summed E-state index contributed by atoms with van der Waals surface area (Å²) in [5, 5.41) is 3.17. The Bertz CT molecular complexity index is 447. The maximum atomic E-state index is 5.57. The molecule has 0 amide bonds. The second-order valence-electron chi connectivity index (χ2n) is 5.37. The largest absolute Gasteiger partial charge is 0.373 e. The molecule has 1 fully saturated rings. The van der Waals surface area contributed by atoms with Crippen LogP contribution in [0.1, 0.15) is 69.0 Å². The van der Waals surface area contributed by atoms with Crippen molar-refractivity contribution < 1.29 is 4.74 Å². The number of aromatic nitrogens is 2. The molecule has 0 spiro atoms. The van der Waals surface area contributed by atoms with E-state index in [-0.39, 0.29) is 6.10 Å². The molecule has 0 aliphatic heterocycles. The normalized spacial score (nSPS) is 17.4. The first kappa shape index (κ1) is 15.7. The molecule has 5 heteroatoms. The van der Waals surface area contributed by atoms with Gasteiger partial charge in [0.2, 0.25) is 0 Å². The van der Waals surface area contributed by atoms with Gasteiger partial charge in [0, 0.05) is 20.1 Å². The van der Waals surface area contributed by atoms with Crippen LogP contribution in [0.5, 0.6) is 0 Å². The van der Waals surface area contributed by atoms with Crippen molar-refractivity contribution in [1.29, 1.82) is 0 Å². The van der Waals surface area contributed by atoms with E-state index in [9.17, 15) is 0 Å². The summed E-state index contributed by atoms with van der Waals surface area (Å²) < 4.78 is 6.58. The second-order valence-corrected chi connectivity index (χ2v) is 6.17. The fourth-order valence-electron chi connectivity index (χ4n) is 2.88. The van der Waals surface area contributed by atoms with E-state index in [0.717, 1.165) is 34.7 Å². The van der Waals surface area contributed by atoms with Gasteiger partial charge in [-0.2, -0.15) is 0 Å². The molecule has 0 saturated heterocycles. The summed E-state index contributed by atoms with van der Waals surface area (Å²) >= 11 is 3.67. The summed E-state index contributed by atoms with van der Waals surface area (Å²) in [6.45, 7) is 2.15. The Morgan fingerprint density at radius 2 is 2.05 bits per heavy atom. The lowest BCUT2D eigenvalue weighted by Crippen LogP contribution is -2.13. The Morgan fingerprint density at radius 1 is 1.35 bits per heavy atom. The standard InChI is InChI=1S/C15H24BrN3O/c1-4-7-11(20-3)14-18-13(10-8-5-6-9-10)12(16)15(17-2)19-14/h10-11H,4-9H2,1-3H3,(H,17,18,19). The molecule has 0 aromatic carbocycles. The van der Waals surface area contributed by atoms with Crippen molar-refractivity contribution in [2.45, 2.75) is 57.5 Å². The molecule has 1 heterocycles. The van der Waals surface area contributed by atoms with E-state index in [1.54, 1.807) is 7.11 Å². The summed E-state index contributed by atoms with van der Waals surface area (Å²) in [4.78, 5) is 9.45. The van der Waals surface area contributed by atoms with Gasteiger partial charge in [0.1, 0.15) is 11.9 Å². The number of hydrogen-bond donors (Lipinski definition) is 1. The van der Waals surface area contributed by atoms with Crippen LogP contribution in [0.3, 0.4) is 0 Å². The molecule has 1 aliphatic rings. The van der Waals surface area contributed by atoms with Crippen molar-refractivity contribution in [1.82, 2.24) is 9.97 Å². The highest BCUT2D eigenvalue weighted by Gasteiger charge is 2.25. The topological polar surface area (TPSA) is 47.0 Å². The molecule has 1 N–H and O–H groups in total. The number of halogens is 1. The van der Waals surface area contributed by atoms with Gasteiger partial charge in [0.25, 0.3) is 0 Å². The van der Waals surface area contributed by atoms with Gasteiger partial charge in [0.05, 0.1) is 10.2 Å². The fourth-order valence-corrected chi connectivity index (χ4v) is 3.58. The lowest BCUT2D eigenvalue weighted by atomic mass is 10.0. The predicted molar refractivity (Wildman–Crippen MR) is 85.1 cm³/mol. The summed E-state index contributed by atoms with van der Waals surface area (Å²) in [6, 6.07) is 0. The average Bonchev–Trinajstić information content (AvgIpc) is 2.99. The van der Waals surface area contributed by atoms with Crippen molar-refractivity contribution in [2.24, 2.45) is 0 Å². The zero-order chi connectivity index (χ0) is 14.5. The van der Waals surface area contributed by atoms with E-state index in [2.05, 4.69) is 33.2 Å². The molecule has 1 aromatic heterocycles. The number of ether oxygens (including phenoxy) is 1. The summed E-state index contributed by atoms with van der Waals surface area (Å²) in [6.07, 6.45) is 7.05. The van der Waals surface area contributed by atoms with Crippen LogP contribution in [0.15, 0.2) is 4.47 Å². The Kier molecular flexibility index (Phi) is 5.78. The van der Waals surface area contributed by atoms with Gasteiger partial charge in [0.15, 0.2) is 5.82 Å². The molecule has 20 heavy (non-hydrogen) atoms. The monoisotopic (exact) mass is 341 g/mol. The quantitative estimate of drug-likeness (QED) is 0.831. The van der Waals surface area contributed by atoms with Gasteiger partial charge in [-0.15, -0.1) is 0 Å². The highest BCUT2D eigenvalue weighted by Crippen LogP contribution is 2.39. The molecule has 2 rings (SSSR count). The number of nitrogens with one attached hydrogen (secondary N) is 1. The van der Waals surface area contributed by atoms with E-state index in [0.29, 0.717) is 5.92 Å². The van der Waals surface area contributed by atoms with Crippen molar-refractivity contribution in [2.75, 3.05) is 19.5 Å². The Hall–Kier alpha value is -0.680. The van der Waals surface area contributed by atoms with Gasteiger partial charge in [-0.1, -0.05) is 26.2 Å². The molecule has 1 aromatic rings. The van der Waals surface area contributed by atoms with Crippen LogP contribution in [-0.2, 0) is 4.74 Å². The maximum absolute atomic E-state index is 5.57. The van der Waals surface area contributed by atoms with E-state index in [1.807, 2.05) is 7.05 Å². The van der Waals surface area contributed by atoms with Crippen molar-refractivity contribution >= 4 is 21.7 Å². The number of methoxy groups -OCH3 is 1. The first-order valence-corrected chi connectivity index (χ1v) is 8.28. The van der Waals surface area contributed by atoms with Crippen molar-refractivity contribution in [3.63, 3.8) is 0 Å². The van der Waals surface area contributed by atoms with E-state index in [1.165, 1.54) is 25.7 Å². The third-order valence-corrected chi connectivity index (χ3v) is 4.78. The van der Waals surface area contributed by atoms with Crippen LogP contribution in [0.25, 0.3) is 0 Å². The van der Waals surface area contributed by atoms with Gasteiger partial charge in [-0.25, -0.2) is 9.97 Å². The minimum absolute atomic E-state index is 0.0136. The van der Waals surface area contributed by atoms with Gasteiger partial charge in [-0.05, 0) is 35.2 Å². The number of anilines is 1. The molecular formula is C15H24BrN3O. The molecule has 0 radical (unpaired) electrons. The first-order chi connectivity index (χ1) is 9.71. The molecular weight excluding hydrogens is 318 g/mol. The summed E-state index contributed by atoms with van der Waals surface area (Å²) in [5.74, 6) is 2.23. The Morgan fingerprint density at radius 3 is 2.60 bits per heavy atom. The van der Waals surface area contributed by atoms with Crippen LogP contribution < -0.4 is 5.32 Å². The average molecular weight is 342 g/mol. The minimum atomic E-state index is -0.0136. The van der Waals surface area contributed by atoms with Crippen LogP contribution in [0.4, 0.5) is 5.82 Å². The number of nitrogens with zero attached hydrogens (tertiary/aromatic N) is 2. The molecule has 112 valence electrons. The Labute approximate surface area is 129 Å². The first-order valence-electron chi connectivity index (χ1n) is 7.49. The molecule has 1 unspecified atom stereocenters. The third kappa shape index (κ3) is 3.31. The maximum Gasteiger partial charge on any atom is 0.159 e. The smallest absolute Gasteiger partial charge is 0.159 e. The third-order valence-electron chi connectivity index (χ3n) is 4.00. The van der Waals surface area contributed by atoms with Crippen LogP contribution in [0, 0.1) is 0 Å². The fraction of sp³-hybridized carbons (Fsp3) is 0.733. The number of rotatable bonds is 6. The minimum Gasteiger partial charge on any atom is -0.373 e. The lowest BCUT2D eigenvalue weighted by molar-refractivity contribution is 0.0874. The predicted octanol–water partition coefficient (Wildman–Crippen LogP) is 4.43. The van der Waals surface area contributed by atoms with Gasteiger partial charge >= 0.3 is 0 Å². The van der Waals surface area contributed by atoms with Crippen LogP contribution >= 0.6 is 15.9 Å². The zero-order valence-electron chi connectivity index (χ0n) is 12.6. The zero-order valence-corrected chi connectivity index (χ0v) is 14.2. The van der Waals surface area contributed by atoms with Crippen LogP contribution in [0.2, 0.25) is 0 Å². The summed E-state index contributed by atoms with van der Waals surface area (Å²) in [7, 11) is 3.64. The molecule has 1 aliphatic carbocycles. The van der Waals surface area contributed by atoms with E-state index < -0.39 is 0 Å².